The number of hydrazine groups is 1. The molecule has 0 radical (unpaired) electrons. The van der Waals surface area contributed by atoms with E-state index in [1.165, 1.54) is 0 Å². The number of aromatic nitrogens is 1. The van der Waals surface area contributed by atoms with Crippen molar-refractivity contribution in [3.63, 3.8) is 0 Å². The van der Waals surface area contributed by atoms with E-state index in [-0.39, 0.29) is 0 Å². The second kappa shape index (κ2) is 3.55. The van der Waals surface area contributed by atoms with Crippen LogP contribution in [0.5, 0.6) is 0 Å². The number of nitrogens with zero attached hydrogens (tertiary/aromatic N) is 1. The van der Waals surface area contributed by atoms with E-state index in [0.717, 1.165) is 20.9 Å². The van der Waals surface area contributed by atoms with E-state index in [9.17, 15) is 0 Å². The molecular formula is C10H10BrN3. The fourth-order valence-electron chi connectivity index (χ4n) is 1.41. The monoisotopic (exact) mass is 251 g/mol. The van der Waals surface area contributed by atoms with Crippen molar-refractivity contribution in [3.05, 3.63) is 34.3 Å². The second-order valence-electron chi connectivity index (χ2n) is 3.11. The minimum atomic E-state index is 0.712. The highest BCUT2D eigenvalue weighted by Crippen LogP contribution is 2.25. The van der Waals surface area contributed by atoms with Crippen molar-refractivity contribution in [1.29, 1.82) is 0 Å². The molecule has 0 aliphatic carbocycles. The Bertz CT molecular complexity index is 482. The van der Waals surface area contributed by atoms with Gasteiger partial charge in [0.1, 0.15) is 5.82 Å². The molecule has 0 aliphatic rings. The Morgan fingerprint density at radius 3 is 2.93 bits per heavy atom. The number of nitrogens with two attached hydrogens (primary N) is 1. The van der Waals surface area contributed by atoms with E-state index < -0.39 is 0 Å². The van der Waals surface area contributed by atoms with Gasteiger partial charge in [0, 0.05) is 9.86 Å². The van der Waals surface area contributed by atoms with E-state index in [2.05, 4.69) is 32.4 Å². The maximum atomic E-state index is 5.36. The standard InChI is InChI=1S/C10H10BrN3/c1-6-5-7-3-2-4-8(11)9(7)13-10(6)14-12/h2-5H,12H2,1H3,(H,13,14). The molecule has 0 aliphatic heterocycles. The van der Waals surface area contributed by atoms with E-state index in [1.807, 2.05) is 25.1 Å². The van der Waals surface area contributed by atoms with Crippen molar-refractivity contribution >= 4 is 32.7 Å². The van der Waals surface area contributed by atoms with Gasteiger partial charge in [-0.1, -0.05) is 12.1 Å². The predicted octanol–water partition coefficient (Wildman–Crippen LogP) is 2.59. The predicted molar refractivity (Wildman–Crippen MR) is 62.0 cm³/mol. The number of rotatable bonds is 1. The Morgan fingerprint density at radius 1 is 1.43 bits per heavy atom. The fourth-order valence-corrected chi connectivity index (χ4v) is 1.88. The van der Waals surface area contributed by atoms with Crippen molar-refractivity contribution in [3.8, 4) is 0 Å². The summed E-state index contributed by atoms with van der Waals surface area (Å²) in [5, 5.41) is 1.11. The van der Waals surface area contributed by atoms with Gasteiger partial charge in [0.2, 0.25) is 0 Å². The smallest absolute Gasteiger partial charge is 0.143 e. The van der Waals surface area contributed by atoms with Gasteiger partial charge in [-0.3, -0.25) is 0 Å². The Morgan fingerprint density at radius 2 is 2.21 bits per heavy atom. The number of hydrogen-bond donors (Lipinski definition) is 2. The zero-order valence-corrected chi connectivity index (χ0v) is 9.30. The molecule has 0 unspecified atom stereocenters. The van der Waals surface area contributed by atoms with Crippen LogP contribution in [0.2, 0.25) is 0 Å². The number of nitrogen functional groups attached to an aromatic ring is 1. The van der Waals surface area contributed by atoms with Crippen molar-refractivity contribution in [2.24, 2.45) is 5.84 Å². The number of benzene rings is 1. The number of hydrogen-bond acceptors (Lipinski definition) is 3. The van der Waals surface area contributed by atoms with Crippen LogP contribution in [0.25, 0.3) is 10.9 Å². The summed E-state index contributed by atoms with van der Waals surface area (Å²) >= 11 is 3.45. The van der Waals surface area contributed by atoms with Gasteiger partial charge >= 0.3 is 0 Å². The largest absolute Gasteiger partial charge is 0.308 e. The summed E-state index contributed by atoms with van der Waals surface area (Å²) < 4.78 is 0.978. The van der Waals surface area contributed by atoms with Gasteiger partial charge in [0.15, 0.2) is 0 Å². The SMILES string of the molecule is Cc1cc2cccc(Br)c2nc1NN. The molecule has 3 nitrogen and oxygen atoms in total. The summed E-state index contributed by atoms with van der Waals surface area (Å²) in [6.07, 6.45) is 0. The van der Waals surface area contributed by atoms with Crippen molar-refractivity contribution in [2.75, 3.05) is 5.43 Å². The zero-order valence-electron chi connectivity index (χ0n) is 7.71. The van der Waals surface area contributed by atoms with Gasteiger partial charge in [-0.05, 0) is 40.5 Å². The molecule has 3 N–H and O–H groups in total. The van der Waals surface area contributed by atoms with Gasteiger partial charge in [-0.2, -0.15) is 0 Å². The molecule has 14 heavy (non-hydrogen) atoms. The zero-order chi connectivity index (χ0) is 10.1. The highest BCUT2D eigenvalue weighted by atomic mass is 79.9. The molecule has 4 heteroatoms. The number of fused-ring (bicyclic) bond motifs is 1. The third-order valence-corrected chi connectivity index (χ3v) is 2.76. The molecule has 2 rings (SSSR count). The Hall–Kier alpha value is -1.13. The lowest BCUT2D eigenvalue weighted by atomic mass is 10.1. The van der Waals surface area contributed by atoms with Crippen molar-refractivity contribution in [2.45, 2.75) is 6.92 Å². The van der Waals surface area contributed by atoms with E-state index >= 15 is 0 Å². The number of anilines is 1. The molecule has 1 aromatic carbocycles. The second-order valence-corrected chi connectivity index (χ2v) is 3.96. The number of para-hydroxylation sites is 1. The molecule has 2 aromatic rings. The van der Waals surface area contributed by atoms with Crippen LogP contribution >= 0.6 is 15.9 Å². The molecule has 0 atom stereocenters. The quantitative estimate of drug-likeness (QED) is 0.605. The summed E-state index contributed by atoms with van der Waals surface area (Å²) in [5.41, 5.74) is 4.54. The molecule has 0 saturated heterocycles. The number of aryl methyl sites for hydroxylation is 1. The molecular weight excluding hydrogens is 242 g/mol. The number of halogens is 1. The van der Waals surface area contributed by atoms with E-state index in [4.69, 9.17) is 5.84 Å². The van der Waals surface area contributed by atoms with E-state index in [1.54, 1.807) is 0 Å². The summed E-state index contributed by atoms with van der Waals surface area (Å²) in [4.78, 5) is 4.41. The first kappa shape index (κ1) is 9.43. The average molecular weight is 252 g/mol. The van der Waals surface area contributed by atoms with Crippen LogP contribution in [-0.4, -0.2) is 4.98 Å². The van der Waals surface area contributed by atoms with Crippen LogP contribution in [0.1, 0.15) is 5.56 Å². The lowest BCUT2D eigenvalue weighted by molar-refractivity contribution is 1.22. The lowest BCUT2D eigenvalue weighted by Crippen LogP contribution is -2.10. The minimum Gasteiger partial charge on any atom is -0.308 e. The van der Waals surface area contributed by atoms with Crippen molar-refractivity contribution in [1.82, 2.24) is 4.98 Å². The first-order valence-electron chi connectivity index (χ1n) is 4.25. The van der Waals surface area contributed by atoms with Crippen LogP contribution in [0.3, 0.4) is 0 Å². The van der Waals surface area contributed by atoms with Gasteiger partial charge < -0.3 is 5.43 Å². The van der Waals surface area contributed by atoms with Gasteiger partial charge in [0.25, 0.3) is 0 Å². The van der Waals surface area contributed by atoms with E-state index in [0.29, 0.717) is 5.82 Å². The van der Waals surface area contributed by atoms with Crippen LogP contribution in [0.15, 0.2) is 28.7 Å². The maximum Gasteiger partial charge on any atom is 0.143 e. The number of nitrogens with one attached hydrogen (secondary N) is 1. The third kappa shape index (κ3) is 1.47. The molecule has 1 heterocycles. The molecule has 0 amide bonds. The first-order chi connectivity index (χ1) is 6.72. The van der Waals surface area contributed by atoms with Gasteiger partial charge in [0.05, 0.1) is 5.52 Å². The van der Waals surface area contributed by atoms with Crippen LogP contribution < -0.4 is 11.3 Å². The third-order valence-electron chi connectivity index (χ3n) is 2.12. The average Bonchev–Trinajstić information content (AvgIpc) is 2.17. The molecule has 0 bridgehead atoms. The highest BCUT2D eigenvalue weighted by Gasteiger charge is 2.03. The Labute approximate surface area is 90.4 Å². The van der Waals surface area contributed by atoms with Crippen LogP contribution in [0, 0.1) is 6.92 Å². The van der Waals surface area contributed by atoms with Crippen LogP contribution in [0.4, 0.5) is 5.82 Å². The molecule has 0 spiro atoms. The van der Waals surface area contributed by atoms with Gasteiger partial charge in [-0.15, -0.1) is 0 Å². The topological polar surface area (TPSA) is 50.9 Å². The molecule has 1 aromatic heterocycles. The van der Waals surface area contributed by atoms with Crippen molar-refractivity contribution < 1.29 is 0 Å². The molecule has 0 saturated carbocycles. The maximum absolute atomic E-state index is 5.36. The summed E-state index contributed by atoms with van der Waals surface area (Å²) in [5.74, 6) is 6.08. The number of pyridine rings is 1. The summed E-state index contributed by atoms with van der Waals surface area (Å²) in [7, 11) is 0. The Balaban J connectivity index is 2.80. The molecule has 0 fully saturated rings. The fraction of sp³-hybridized carbons (Fsp3) is 0.100. The first-order valence-corrected chi connectivity index (χ1v) is 5.04. The summed E-state index contributed by atoms with van der Waals surface area (Å²) in [6, 6.07) is 8.04. The summed E-state index contributed by atoms with van der Waals surface area (Å²) in [6.45, 7) is 1.97. The minimum absolute atomic E-state index is 0.712. The highest BCUT2D eigenvalue weighted by molar-refractivity contribution is 9.10. The van der Waals surface area contributed by atoms with Gasteiger partial charge in [-0.25, -0.2) is 10.8 Å². The van der Waals surface area contributed by atoms with Crippen LogP contribution in [-0.2, 0) is 0 Å². The molecule has 72 valence electrons. The normalized spacial score (nSPS) is 10.5. The Kier molecular flexibility index (Phi) is 2.39. The lowest BCUT2D eigenvalue weighted by Gasteiger charge is -2.06.